The molecule has 6 heteroatoms. The molecule has 0 bridgehead atoms. The van der Waals surface area contributed by atoms with Crippen molar-refractivity contribution in [3.05, 3.63) is 53.9 Å². The van der Waals surface area contributed by atoms with Crippen LogP contribution in [0.15, 0.2) is 47.5 Å². The second kappa shape index (κ2) is 6.01. The zero-order valence-electron chi connectivity index (χ0n) is 11.7. The quantitative estimate of drug-likeness (QED) is 0.729. The second-order valence-electron chi connectivity index (χ2n) is 5.33. The van der Waals surface area contributed by atoms with E-state index in [0.29, 0.717) is 19.1 Å². The Kier molecular flexibility index (Phi) is 4.10. The Morgan fingerprint density at radius 3 is 2.62 bits per heavy atom. The normalized spacial score (nSPS) is 15.2. The van der Waals surface area contributed by atoms with Gasteiger partial charge in [0, 0.05) is 31.0 Å². The molecule has 21 heavy (non-hydrogen) atoms. The summed E-state index contributed by atoms with van der Waals surface area (Å²) >= 11 is 0. The summed E-state index contributed by atoms with van der Waals surface area (Å²) < 4.78 is 27.0. The lowest BCUT2D eigenvalue weighted by atomic mass is 10.2. The summed E-state index contributed by atoms with van der Waals surface area (Å²) in [6, 6.07) is 11.8. The van der Waals surface area contributed by atoms with Crippen molar-refractivity contribution >= 4 is 10.0 Å². The first-order valence-electron chi connectivity index (χ1n) is 7.08. The van der Waals surface area contributed by atoms with E-state index in [-0.39, 0.29) is 4.90 Å². The van der Waals surface area contributed by atoms with E-state index in [1.807, 2.05) is 30.3 Å². The van der Waals surface area contributed by atoms with Crippen molar-refractivity contribution in [1.82, 2.24) is 15.0 Å². The van der Waals surface area contributed by atoms with Crippen LogP contribution in [0.1, 0.15) is 24.1 Å². The maximum absolute atomic E-state index is 12.2. The number of aromatic amines is 1. The summed E-state index contributed by atoms with van der Waals surface area (Å²) in [5.74, 6) is 0. The number of hydrogen-bond acceptors (Lipinski definition) is 3. The molecule has 1 aliphatic rings. The van der Waals surface area contributed by atoms with Gasteiger partial charge in [0.25, 0.3) is 0 Å². The van der Waals surface area contributed by atoms with Crippen molar-refractivity contribution in [2.45, 2.75) is 36.9 Å². The number of H-pyrrole nitrogens is 1. The lowest BCUT2D eigenvalue weighted by Crippen LogP contribution is -2.22. The summed E-state index contributed by atoms with van der Waals surface area (Å²) in [5.41, 5.74) is 1.83. The molecule has 2 aromatic rings. The van der Waals surface area contributed by atoms with Crippen molar-refractivity contribution < 1.29 is 8.42 Å². The monoisotopic (exact) mass is 305 g/mol. The highest BCUT2D eigenvalue weighted by atomic mass is 32.2. The van der Waals surface area contributed by atoms with E-state index in [1.54, 1.807) is 6.07 Å². The minimum absolute atomic E-state index is 0.283. The standard InChI is InChI=1S/C15H19N3O2S/c19-21(20,18-9-12-4-2-1-3-5-12)15-8-14(17-11-15)10-16-13-6-7-13/h1-5,8,11,13,16-18H,6-7,9-10H2. The van der Waals surface area contributed by atoms with Gasteiger partial charge < -0.3 is 10.3 Å². The summed E-state index contributed by atoms with van der Waals surface area (Å²) in [6.07, 6.45) is 3.96. The lowest BCUT2D eigenvalue weighted by molar-refractivity contribution is 0.581. The Morgan fingerprint density at radius 2 is 1.90 bits per heavy atom. The molecule has 0 unspecified atom stereocenters. The van der Waals surface area contributed by atoms with Gasteiger partial charge in [0.15, 0.2) is 0 Å². The predicted molar refractivity (Wildman–Crippen MR) is 81.1 cm³/mol. The fourth-order valence-corrected chi connectivity index (χ4v) is 3.11. The molecule has 1 aromatic carbocycles. The van der Waals surface area contributed by atoms with E-state index in [1.165, 1.54) is 19.0 Å². The zero-order chi connectivity index (χ0) is 14.7. The van der Waals surface area contributed by atoms with Crippen LogP contribution < -0.4 is 10.0 Å². The van der Waals surface area contributed by atoms with Gasteiger partial charge in [-0.15, -0.1) is 0 Å². The molecule has 5 nitrogen and oxygen atoms in total. The molecule has 1 heterocycles. The maximum Gasteiger partial charge on any atom is 0.242 e. The van der Waals surface area contributed by atoms with Gasteiger partial charge in [0.2, 0.25) is 10.0 Å². The zero-order valence-corrected chi connectivity index (χ0v) is 12.5. The molecule has 1 fully saturated rings. The van der Waals surface area contributed by atoms with Gasteiger partial charge in [-0.2, -0.15) is 0 Å². The number of sulfonamides is 1. The van der Waals surface area contributed by atoms with Crippen LogP contribution in [0.25, 0.3) is 0 Å². The van der Waals surface area contributed by atoms with Crippen LogP contribution in [0.2, 0.25) is 0 Å². The Labute approximate surface area is 124 Å². The first kappa shape index (κ1) is 14.3. The third kappa shape index (κ3) is 3.93. The van der Waals surface area contributed by atoms with Gasteiger partial charge in [0.1, 0.15) is 0 Å². The van der Waals surface area contributed by atoms with E-state index < -0.39 is 10.0 Å². The summed E-state index contributed by atoms with van der Waals surface area (Å²) in [4.78, 5) is 3.29. The van der Waals surface area contributed by atoms with Crippen LogP contribution in [-0.4, -0.2) is 19.4 Å². The highest BCUT2D eigenvalue weighted by molar-refractivity contribution is 7.89. The van der Waals surface area contributed by atoms with E-state index in [4.69, 9.17) is 0 Å². The Hall–Kier alpha value is -1.63. The van der Waals surface area contributed by atoms with E-state index in [2.05, 4.69) is 15.0 Å². The van der Waals surface area contributed by atoms with Crippen molar-refractivity contribution in [3.63, 3.8) is 0 Å². The van der Waals surface area contributed by atoms with Crippen LogP contribution in [0.4, 0.5) is 0 Å². The Bertz CT molecular complexity index is 691. The number of aromatic nitrogens is 1. The molecule has 3 N–H and O–H groups in total. The topological polar surface area (TPSA) is 74.0 Å². The molecule has 3 rings (SSSR count). The third-order valence-electron chi connectivity index (χ3n) is 3.49. The largest absolute Gasteiger partial charge is 0.363 e. The number of nitrogens with one attached hydrogen (secondary N) is 3. The highest BCUT2D eigenvalue weighted by Crippen LogP contribution is 2.19. The highest BCUT2D eigenvalue weighted by Gasteiger charge is 2.21. The maximum atomic E-state index is 12.2. The summed E-state index contributed by atoms with van der Waals surface area (Å²) in [6.45, 7) is 0.975. The van der Waals surface area contributed by atoms with Crippen LogP contribution in [0.5, 0.6) is 0 Å². The molecule has 0 aliphatic heterocycles. The molecule has 0 amide bonds. The second-order valence-corrected chi connectivity index (χ2v) is 7.09. The van der Waals surface area contributed by atoms with Gasteiger partial charge in [-0.25, -0.2) is 13.1 Å². The summed E-state index contributed by atoms with van der Waals surface area (Å²) in [7, 11) is -3.47. The average Bonchev–Trinajstić information content (AvgIpc) is 3.20. The van der Waals surface area contributed by atoms with Crippen molar-refractivity contribution in [2.75, 3.05) is 0 Å². The van der Waals surface area contributed by atoms with Crippen molar-refractivity contribution in [3.8, 4) is 0 Å². The minimum atomic E-state index is -3.47. The molecule has 0 radical (unpaired) electrons. The first-order valence-corrected chi connectivity index (χ1v) is 8.56. The SMILES string of the molecule is O=S(=O)(NCc1ccccc1)c1c[nH]c(CNC2CC2)c1. The molecule has 0 spiro atoms. The molecule has 1 aliphatic carbocycles. The molecule has 0 saturated heterocycles. The van der Waals surface area contributed by atoms with E-state index in [9.17, 15) is 8.42 Å². The van der Waals surface area contributed by atoms with Gasteiger partial charge in [-0.1, -0.05) is 30.3 Å². The Balaban J connectivity index is 1.61. The molecule has 0 atom stereocenters. The van der Waals surface area contributed by atoms with Gasteiger partial charge in [0.05, 0.1) is 4.90 Å². The van der Waals surface area contributed by atoms with Gasteiger partial charge >= 0.3 is 0 Å². The van der Waals surface area contributed by atoms with Crippen LogP contribution >= 0.6 is 0 Å². The molecule has 112 valence electrons. The van der Waals surface area contributed by atoms with Crippen molar-refractivity contribution in [1.29, 1.82) is 0 Å². The van der Waals surface area contributed by atoms with E-state index in [0.717, 1.165) is 11.3 Å². The predicted octanol–water partition coefficient (Wildman–Crippen LogP) is 1.75. The molecule has 1 aromatic heterocycles. The smallest absolute Gasteiger partial charge is 0.242 e. The lowest BCUT2D eigenvalue weighted by Gasteiger charge is -2.04. The van der Waals surface area contributed by atoms with Crippen LogP contribution in [-0.2, 0) is 23.1 Å². The van der Waals surface area contributed by atoms with E-state index >= 15 is 0 Å². The molecular formula is C15H19N3O2S. The van der Waals surface area contributed by atoms with Gasteiger partial charge in [-0.05, 0) is 24.5 Å². The number of benzene rings is 1. The molecule has 1 saturated carbocycles. The fourth-order valence-electron chi connectivity index (χ4n) is 2.08. The van der Waals surface area contributed by atoms with Crippen molar-refractivity contribution in [2.24, 2.45) is 0 Å². The van der Waals surface area contributed by atoms with Crippen LogP contribution in [0, 0.1) is 0 Å². The Morgan fingerprint density at radius 1 is 1.14 bits per heavy atom. The number of hydrogen-bond donors (Lipinski definition) is 3. The average molecular weight is 305 g/mol. The van der Waals surface area contributed by atoms with Crippen LogP contribution in [0.3, 0.4) is 0 Å². The first-order chi connectivity index (χ1) is 10.1. The fraction of sp³-hybridized carbons (Fsp3) is 0.333. The molecular weight excluding hydrogens is 286 g/mol. The van der Waals surface area contributed by atoms with Gasteiger partial charge in [-0.3, -0.25) is 0 Å². The third-order valence-corrected chi connectivity index (χ3v) is 4.87. The number of rotatable bonds is 7. The minimum Gasteiger partial charge on any atom is -0.363 e. The summed E-state index contributed by atoms with van der Waals surface area (Å²) in [5, 5.41) is 3.35.